The van der Waals surface area contributed by atoms with Gasteiger partial charge in [0.25, 0.3) is 0 Å². The van der Waals surface area contributed by atoms with Crippen LogP contribution in [0.3, 0.4) is 0 Å². The molecule has 2 N–H and O–H groups in total. The fraction of sp³-hybridized carbons (Fsp3) is 0.571. The minimum atomic E-state index is -0.168. The Morgan fingerprint density at radius 3 is 2.59 bits per heavy atom. The summed E-state index contributed by atoms with van der Waals surface area (Å²) < 4.78 is 10.6. The molecule has 0 aliphatic rings. The van der Waals surface area contributed by atoms with Crippen molar-refractivity contribution >= 4 is 0 Å². The summed E-state index contributed by atoms with van der Waals surface area (Å²) in [5, 5.41) is 0. The Morgan fingerprint density at radius 2 is 2.00 bits per heavy atom. The quantitative estimate of drug-likeness (QED) is 0.826. The number of methoxy groups -OCH3 is 2. The molecule has 0 bridgehead atoms. The summed E-state index contributed by atoms with van der Waals surface area (Å²) in [4.78, 5) is 0. The molecular formula is C14H23NO2. The Labute approximate surface area is 104 Å². The first kappa shape index (κ1) is 14.0. The minimum absolute atomic E-state index is 0.0945. The van der Waals surface area contributed by atoms with Gasteiger partial charge >= 0.3 is 0 Å². The van der Waals surface area contributed by atoms with Gasteiger partial charge in [-0.15, -0.1) is 0 Å². The number of hydrogen-bond donors (Lipinski definition) is 1. The van der Waals surface area contributed by atoms with Crippen molar-refractivity contribution in [2.45, 2.75) is 38.3 Å². The Bertz CT molecular complexity index is 350. The van der Waals surface area contributed by atoms with Gasteiger partial charge in [0.2, 0.25) is 0 Å². The average molecular weight is 237 g/mol. The topological polar surface area (TPSA) is 44.5 Å². The maximum atomic E-state index is 6.14. The van der Waals surface area contributed by atoms with Gasteiger partial charge in [-0.3, -0.25) is 0 Å². The zero-order chi connectivity index (χ0) is 12.9. The highest BCUT2D eigenvalue weighted by Crippen LogP contribution is 2.19. The maximum absolute atomic E-state index is 6.14. The first-order chi connectivity index (χ1) is 7.96. The predicted molar refractivity (Wildman–Crippen MR) is 70.4 cm³/mol. The van der Waals surface area contributed by atoms with E-state index in [0.29, 0.717) is 0 Å². The lowest BCUT2D eigenvalue weighted by atomic mass is 9.94. The molecule has 0 spiro atoms. The molecule has 0 saturated heterocycles. The zero-order valence-electron chi connectivity index (χ0n) is 11.2. The van der Waals surface area contributed by atoms with Crippen molar-refractivity contribution in [3.05, 3.63) is 29.8 Å². The summed E-state index contributed by atoms with van der Waals surface area (Å²) in [7, 11) is 3.39. The molecule has 0 aromatic heterocycles. The van der Waals surface area contributed by atoms with E-state index in [9.17, 15) is 0 Å². The number of ether oxygens (including phenoxy) is 2. The van der Waals surface area contributed by atoms with Crippen LogP contribution in [0.2, 0.25) is 0 Å². The molecule has 0 fully saturated rings. The van der Waals surface area contributed by atoms with Gasteiger partial charge < -0.3 is 15.2 Å². The molecule has 96 valence electrons. The van der Waals surface area contributed by atoms with Crippen molar-refractivity contribution in [1.29, 1.82) is 0 Å². The molecule has 0 heterocycles. The Balaban J connectivity index is 2.58. The third kappa shape index (κ3) is 4.75. The van der Waals surface area contributed by atoms with Crippen LogP contribution in [0.1, 0.15) is 25.8 Å². The average Bonchev–Trinajstić information content (AvgIpc) is 2.28. The van der Waals surface area contributed by atoms with Gasteiger partial charge in [-0.05, 0) is 44.4 Å². The molecule has 0 radical (unpaired) electrons. The van der Waals surface area contributed by atoms with Crippen molar-refractivity contribution in [2.75, 3.05) is 14.2 Å². The lowest BCUT2D eigenvalue weighted by molar-refractivity contribution is 0.0102. The number of nitrogens with two attached hydrogens (primary N) is 1. The van der Waals surface area contributed by atoms with E-state index < -0.39 is 0 Å². The summed E-state index contributed by atoms with van der Waals surface area (Å²) >= 11 is 0. The second kappa shape index (κ2) is 6.03. The van der Waals surface area contributed by atoms with E-state index in [1.165, 1.54) is 5.56 Å². The predicted octanol–water partition coefficient (Wildman–Crippen LogP) is 2.38. The van der Waals surface area contributed by atoms with Crippen molar-refractivity contribution < 1.29 is 9.47 Å². The molecule has 1 unspecified atom stereocenters. The van der Waals surface area contributed by atoms with Crippen molar-refractivity contribution in [3.63, 3.8) is 0 Å². The van der Waals surface area contributed by atoms with Crippen molar-refractivity contribution in [1.82, 2.24) is 0 Å². The normalized spacial score (nSPS) is 13.5. The van der Waals surface area contributed by atoms with Crippen LogP contribution in [0, 0.1) is 0 Å². The van der Waals surface area contributed by atoms with Crippen LogP contribution in [0.25, 0.3) is 0 Å². The molecule has 0 amide bonds. The molecule has 0 saturated carbocycles. The van der Waals surface area contributed by atoms with E-state index in [1.807, 2.05) is 18.2 Å². The summed E-state index contributed by atoms with van der Waals surface area (Å²) in [6, 6.07) is 8.12. The van der Waals surface area contributed by atoms with E-state index in [4.69, 9.17) is 15.2 Å². The molecule has 1 rings (SSSR count). The Hall–Kier alpha value is -1.06. The highest BCUT2D eigenvalue weighted by Gasteiger charge is 2.20. The van der Waals surface area contributed by atoms with Crippen LogP contribution in [-0.2, 0) is 11.2 Å². The third-order valence-electron chi connectivity index (χ3n) is 2.94. The van der Waals surface area contributed by atoms with Gasteiger partial charge in [0.1, 0.15) is 5.75 Å². The number of benzene rings is 1. The molecule has 0 aliphatic heterocycles. The highest BCUT2D eigenvalue weighted by molar-refractivity contribution is 5.28. The minimum Gasteiger partial charge on any atom is -0.497 e. The Kier molecular flexibility index (Phi) is 4.97. The number of hydrogen-bond acceptors (Lipinski definition) is 3. The smallest absolute Gasteiger partial charge is 0.119 e. The third-order valence-corrected chi connectivity index (χ3v) is 2.94. The molecule has 0 aliphatic carbocycles. The lowest BCUT2D eigenvalue weighted by Gasteiger charge is -2.26. The summed E-state index contributed by atoms with van der Waals surface area (Å²) in [5.74, 6) is 0.876. The van der Waals surface area contributed by atoms with Crippen molar-refractivity contribution in [2.24, 2.45) is 5.73 Å². The standard InChI is InChI=1S/C14H23NO2/c1-14(2,17-4)10-12(15)8-11-6-5-7-13(9-11)16-3/h5-7,9,12H,8,10,15H2,1-4H3. The van der Waals surface area contributed by atoms with Crippen LogP contribution < -0.4 is 10.5 Å². The first-order valence-electron chi connectivity index (χ1n) is 5.90. The molecule has 1 aromatic carbocycles. The van der Waals surface area contributed by atoms with Crippen molar-refractivity contribution in [3.8, 4) is 5.75 Å². The van der Waals surface area contributed by atoms with Crippen LogP contribution in [-0.4, -0.2) is 25.9 Å². The van der Waals surface area contributed by atoms with E-state index in [0.717, 1.165) is 18.6 Å². The zero-order valence-corrected chi connectivity index (χ0v) is 11.2. The van der Waals surface area contributed by atoms with Crippen LogP contribution in [0.4, 0.5) is 0 Å². The monoisotopic (exact) mass is 237 g/mol. The van der Waals surface area contributed by atoms with Gasteiger partial charge in [0.15, 0.2) is 0 Å². The van der Waals surface area contributed by atoms with E-state index >= 15 is 0 Å². The molecule has 1 atom stereocenters. The summed E-state index contributed by atoms with van der Waals surface area (Å²) in [6.45, 7) is 4.11. The highest BCUT2D eigenvalue weighted by atomic mass is 16.5. The molecule has 3 heteroatoms. The summed E-state index contributed by atoms with van der Waals surface area (Å²) in [6.07, 6.45) is 1.67. The lowest BCUT2D eigenvalue weighted by Crippen LogP contribution is -2.35. The van der Waals surface area contributed by atoms with Crippen LogP contribution >= 0.6 is 0 Å². The molecule has 17 heavy (non-hydrogen) atoms. The van der Waals surface area contributed by atoms with E-state index in [2.05, 4.69) is 19.9 Å². The fourth-order valence-corrected chi connectivity index (χ4v) is 1.89. The van der Waals surface area contributed by atoms with Gasteiger partial charge in [-0.25, -0.2) is 0 Å². The number of rotatable bonds is 6. The molecular weight excluding hydrogens is 214 g/mol. The van der Waals surface area contributed by atoms with E-state index in [1.54, 1.807) is 14.2 Å². The largest absolute Gasteiger partial charge is 0.497 e. The molecule has 1 aromatic rings. The van der Waals surface area contributed by atoms with Gasteiger partial charge in [-0.2, -0.15) is 0 Å². The van der Waals surface area contributed by atoms with Gasteiger partial charge in [-0.1, -0.05) is 12.1 Å². The van der Waals surface area contributed by atoms with Crippen LogP contribution in [0.5, 0.6) is 5.75 Å². The second-order valence-corrected chi connectivity index (χ2v) is 4.98. The Morgan fingerprint density at radius 1 is 1.29 bits per heavy atom. The van der Waals surface area contributed by atoms with Crippen LogP contribution in [0.15, 0.2) is 24.3 Å². The maximum Gasteiger partial charge on any atom is 0.119 e. The van der Waals surface area contributed by atoms with Gasteiger partial charge in [0.05, 0.1) is 12.7 Å². The second-order valence-electron chi connectivity index (χ2n) is 4.98. The first-order valence-corrected chi connectivity index (χ1v) is 5.90. The van der Waals surface area contributed by atoms with Gasteiger partial charge in [0, 0.05) is 13.2 Å². The summed E-state index contributed by atoms with van der Waals surface area (Å²) in [5.41, 5.74) is 7.17. The van der Waals surface area contributed by atoms with E-state index in [-0.39, 0.29) is 11.6 Å². The SMILES string of the molecule is COc1cccc(CC(N)CC(C)(C)OC)c1. The fourth-order valence-electron chi connectivity index (χ4n) is 1.89. The molecule has 3 nitrogen and oxygen atoms in total.